The number of hydrogen-bond donors (Lipinski definition) is 1. The zero-order valence-electron chi connectivity index (χ0n) is 10.7. The molecule has 0 spiro atoms. The molecule has 1 aromatic rings. The number of rotatable bonds is 4. The van der Waals surface area contributed by atoms with Crippen molar-refractivity contribution in [1.29, 1.82) is 0 Å². The van der Waals surface area contributed by atoms with Gasteiger partial charge in [0.15, 0.2) is 0 Å². The van der Waals surface area contributed by atoms with Crippen molar-refractivity contribution in [2.75, 3.05) is 13.2 Å². The van der Waals surface area contributed by atoms with Gasteiger partial charge in [0, 0.05) is 23.2 Å². The van der Waals surface area contributed by atoms with Crippen molar-refractivity contribution in [3.8, 4) is 5.75 Å². The quantitative estimate of drug-likeness (QED) is 0.912. The number of halogens is 1. The summed E-state index contributed by atoms with van der Waals surface area (Å²) in [4.78, 5) is 0. The lowest BCUT2D eigenvalue weighted by Gasteiger charge is -2.23. The second-order valence-corrected chi connectivity index (χ2v) is 5.21. The van der Waals surface area contributed by atoms with Crippen LogP contribution >= 0.6 is 11.6 Å². The van der Waals surface area contributed by atoms with Gasteiger partial charge in [0.2, 0.25) is 0 Å². The van der Waals surface area contributed by atoms with Gasteiger partial charge in [-0.2, -0.15) is 0 Å². The van der Waals surface area contributed by atoms with E-state index >= 15 is 0 Å². The van der Waals surface area contributed by atoms with E-state index in [-0.39, 0.29) is 12.1 Å². The summed E-state index contributed by atoms with van der Waals surface area (Å²) >= 11 is 5.97. The Balaban J connectivity index is 1.99. The SMILES string of the molecule is C[C@H](N)c1cc(Cl)ccc1OCC1CCCCO1. The number of benzene rings is 1. The molecule has 1 saturated heterocycles. The van der Waals surface area contributed by atoms with Gasteiger partial charge in [0.1, 0.15) is 12.4 Å². The smallest absolute Gasteiger partial charge is 0.124 e. The molecule has 1 heterocycles. The molecule has 0 bridgehead atoms. The molecule has 2 N–H and O–H groups in total. The van der Waals surface area contributed by atoms with Crippen LogP contribution < -0.4 is 10.5 Å². The molecule has 0 aromatic heterocycles. The van der Waals surface area contributed by atoms with Crippen LogP contribution in [-0.4, -0.2) is 19.3 Å². The van der Waals surface area contributed by atoms with Crippen LogP contribution in [-0.2, 0) is 4.74 Å². The minimum absolute atomic E-state index is 0.0917. The van der Waals surface area contributed by atoms with Crippen LogP contribution in [0.5, 0.6) is 5.75 Å². The second-order valence-electron chi connectivity index (χ2n) is 4.77. The van der Waals surface area contributed by atoms with Gasteiger partial charge in [0.25, 0.3) is 0 Å². The molecule has 1 unspecified atom stereocenters. The fourth-order valence-electron chi connectivity index (χ4n) is 2.13. The summed E-state index contributed by atoms with van der Waals surface area (Å²) in [6.45, 7) is 3.35. The summed E-state index contributed by atoms with van der Waals surface area (Å²) in [7, 11) is 0. The maximum absolute atomic E-state index is 5.97. The number of hydrogen-bond acceptors (Lipinski definition) is 3. The Kier molecular flexibility index (Phi) is 4.87. The van der Waals surface area contributed by atoms with E-state index in [1.807, 2.05) is 25.1 Å². The molecule has 100 valence electrons. The van der Waals surface area contributed by atoms with Crippen LogP contribution in [0.2, 0.25) is 5.02 Å². The molecular formula is C14H20ClNO2. The highest BCUT2D eigenvalue weighted by atomic mass is 35.5. The van der Waals surface area contributed by atoms with Crippen molar-refractivity contribution in [3.05, 3.63) is 28.8 Å². The molecule has 0 aliphatic carbocycles. The van der Waals surface area contributed by atoms with E-state index in [1.54, 1.807) is 0 Å². The topological polar surface area (TPSA) is 44.5 Å². The first kappa shape index (κ1) is 13.7. The highest BCUT2D eigenvalue weighted by Crippen LogP contribution is 2.27. The molecule has 1 aliphatic rings. The zero-order valence-corrected chi connectivity index (χ0v) is 11.5. The van der Waals surface area contributed by atoms with Gasteiger partial charge in [-0.15, -0.1) is 0 Å². The highest BCUT2D eigenvalue weighted by molar-refractivity contribution is 6.30. The largest absolute Gasteiger partial charge is 0.491 e. The Morgan fingerprint density at radius 1 is 1.50 bits per heavy atom. The van der Waals surface area contributed by atoms with Gasteiger partial charge in [0.05, 0.1) is 6.10 Å². The van der Waals surface area contributed by atoms with E-state index in [4.69, 9.17) is 26.8 Å². The first-order valence-corrected chi connectivity index (χ1v) is 6.84. The van der Waals surface area contributed by atoms with Crippen LogP contribution in [0.4, 0.5) is 0 Å². The van der Waals surface area contributed by atoms with E-state index in [0.717, 1.165) is 30.8 Å². The van der Waals surface area contributed by atoms with Crippen molar-refractivity contribution in [2.24, 2.45) is 5.73 Å². The first-order chi connectivity index (χ1) is 8.66. The standard InChI is InChI=1S/C14H20ClNO2/c1-10(16)13-8-11(15)5-6-14(13)18-9-12-4-2-3-7-17-12/h5-6,8,10,12H,2-4,7,9,16H2,1H3/t10-,12?/m0/s1. The third kappa shape index (κ3) is 3.61. The van der Waals surface area contributed by atoms with Gasteiger partial charge >= 0.3 is 0 Å². The summed E-state index contributed by atoms with van der Waals surface area (Å²) in [5.41, 5.74) is 6.87. The number of ether oxygens (including phenoxy) is 2. The molecule has 0 radical (unpaired) electrons. The van der Waals surface area contributed by atoms with Crippen molar-refractivity contribution in [2.45, 2.75) is 38.3 Å². The van der Waals surface area contributed by atoms with E-state index in [1.165, 1.54) is 6.42 Å². The van der Waals surface area contributed by atoms with E-state index in [2.05, 4.69) is 0 Å². The van der Waals surface area contributed by atoms with Crippen molar-refractivity contribution >= 4 is 11.6 Å². The normalized spacial score (nSPS) is 21.6. The van der Waals surface area contributed by atoms with Crippen LogP contribution in [0.1, 0.15) is 37.8 Å². The third-order valence-electron chi connectivity index (χ3n) is 3.16. The molecule has 4 heteroatoms. The summed E-state index contributed by atoms with van der Waals surface area (Å²) < 4.78 is 11.5. The first-order valence-electron chi connectivity index (χ1n) is 6.46. The third-order valence-corrected chi connectivity index (χ3v) is 3.40. The Morgan fingerprint density at radius 3 is 3.00 bits per heavy atom. The Labute approximate surface area is 113 Å². The minimum atomic E-state index is -0.0917. The minimum Gasteiger partial charge on any atom is -0.491 e. The molecule has 1 aromatic carbocycles. The van der Waals surface area contributed by atoms with E-state index in [9.17, 15) is 0 Å². The maximum atomic E-state index is 5.97. The van der Waals surface area contributed by atoms with Crippen LogP contribution in [0.25, 0.3) is 0 Å². The molecule has 0 saturated carbocycles. The summed E-state index contributed by atoms with van der Waals surface area (Å²) in [6.07, 6.45) is 3.65. The van der Waals surface area contributed by atoms with Crippen molar-refractivity contribution in [1.82, 2.24) is 0 Å². The van der Waals surface area contributed by atoms with Crippen LogP contribution in [0, 0.1) is 0 Å². The molecule has 2 rings (SSSR count). The van der Waals surface area contributed by atoms with E-state index in [0.29, 0.717) is 11.6 Å². The molecule has 2 atom stereocenters. The molecular weight excluding hydrogens is 250 g/mol. The lowest BCUT2D eigenvalue weighted by atomic mass is 10.1. The molecule has 1 fully saturated rings. The van der Waals surface area contributed by atoms with Gasteiger partial charge in [-0.05, 0) is 44.4 Å². The lowest BCUT2D eigenvalue weighted by molar-refractivity contribution is -0.0112. The Hall–Kier alpha value is -0.770. The van der Waals surface area contributed by atoms with Crippen LogP contribution in [0.3, 0.4) is 0 Å². The molecule has 0 amide bonds. The number of nitrogens with two attached hydrogens (primary N) is 1. The fraction of sp³-hybridized carbons (Fsp3) is 0.571. The zero-order chi connectivity index (χ0) is 13.0. The summed E-state index contributed by atoms with van der Waals surface area (Å²) in [6, 6.07) is 5.48. The predicted octanol–water partition coefficient (Wildman–Crippen LogP) is 3.31. The van der Waals surface area contributed by atoms with Crippen molar-refractivity contribution in [3.63, 3.8) is 0 Å². The Bertz CT molecular complexity index is 389. The lowest BCUT2D eigenvalue weighted by Crippen LogP contribution is -2.26. The summed E-state index contributed by atoms with van der Waals surface area (Å²) in [5, 5.41) is 0.684. The highest BCUT2D eigenvalue weighted by Gasteiger charge is 2.16. The van der Waals surface area contributed by atoms with Crippen molar-refractivity contribution < 1.29 is 9.47 Å². The predicted molar refractivity (Wildman–Crippen MR) is 73.1 cm³/mol. The van der Waals surface area contributed by atoms with Gasteiger partial charge in [-0.25, -0.2) is 0 Å². The van der Waals surface area contributed by atoms with Gasteiger partial charge < -0.3 is 15.2 Å². The Morgan fingerprint density at radius 2 is 2.33 bits per heavy atom. The molecule has 1 aliphatic heterocycles. The maximum Gasteiger partial charge on any atom is 0.124 e. The second kappa shape index (κ2) is 6.41. The van der Waals surface area contributed by atoms with Crippen LogP contribution in [0.15, 0.2) is 18.2 Å². The average molecular weight is 270 g/mol. The van der Waals surface area contributed by atoms with E-state index < -0.39 is 0 Å². The monoisotopic (exact) mass is 269 g/mol. The van der Waals surface area contributed by atoms with Gasteiger partial charge in [-0.1, -0.05) is 11.6 Å². The average Bonchev–Trinajstić information content (AvgIpc) is 2.38. The fourth-order valence-corrected chi connectivity index (χ4v) is 2.31. The summed E-state index contributed by atoms with van der Waals surface area (Å²) in [5.74, 6) is 0.809. The molecule has 18 heavy (non-hydrogen) atoms. The molecule has 3 nitrogen and oxygen atoms in total. The van der Waals surface area contributed by atoms with Gasteiger partial charge in [-0.3, -0.25) is 0 Å².